The Labute approximate surface area is 216 Å². The van der Waals surface area contributed by atoms with E-state index in [4.69, 9.17) is 0 Å². The van der Waals surface area contributed by atoms with Gasteiger partial charge in [0.25, 0.3) is 0 Å². The lowest BCUT2D eigenvalue weighted by molar-refractivity contribution is 0.157. The molecule has 4 rings (SSSR count). The fourth-order valence-corrected chi connectivity index (χ4v) is 4.76. The van der Waals surface area contributed by atoms with Crippen molar-refractivity contribution in [2.24, 2.45) is 0 Å². The van der Waals surface area contributed by atoms with Gasteiger partial charge in [-0.2, -0.15) is 0 Å². The molecule has 0 bridgehead atoms. The molecule has 1 aliphatic heterocycles. The maximum Gasteiger partial charge on any atom is 0.0543 e. The van der Waals surface area contributed by atoms with Crippen LogP contribution < -0.4 is 0 Å². The van der Waals surface area contributed by atoms with Gasteiger partial charge in [0, 0.05) is 64.4 Å². The molecule has 0 spiro atoms. The molecule has 1 saturated heterocycles. The number of rotatable bonds is 6. The summed E-state index contributed by atoms with van der Waals surface area (Å²) in [6.07, 6.45) is 7.99. The molecule has 3 aromatic rings. The van der Waals surface area contributed by atoms with Gasteiger partial charge in [0.05, 0.1) is 17.1 Å². The summed E-state index contributed by atoms with van der Waals surface area (Å²) in [7, 11) is 2.25. The Balaban J connectivity index is 1.43. The zero-order valence-electron chi connectivity index (χ0n) is 21.8. The van der Waals surface area contributed by atoms with E-state index in [1.54, 1.807) is 0 Å². The highest BCUT2D eigenvalue weighted by Gasteiger charge is 2.15. The predicted octanol–water partition coefficient (Wildman–Crippen LogP) is 3.40. The largest absolute Gasteiger partial charge is 0.305 e. The smallest absolute Gasteiger partial charge is 0.0543 e. The van der Waals surface area contributed by atoms with Crippen molar-refractivity contribution in [2.45, 2.75) is 32.5 Å². The maximum atomic E-state index is 4.61. The van der Waals surface area contributed by atoms with Gasteiger partial charge < -0.3 is 4.90 Å². The lowest BCUT2D eigenvalue weighted by Crippen LogP contribution is -2.40. The van der Waals surface area contributed by atoms with Crippen molar-refractivity contribution in [1.29, 1.82) is 0 Å². The van der Waals surface area contributed by atoms with Crippen LogP contribution in [0.2, 0.25) is 0 Å². The summed E-state index contributed by atoms with van der Waals surface area (Å²) in [5, 5.41) is 0. The van der Waals surface area contributed by atoms with Crippen molar-refractivity contribution in [2.75, 3.05) is 59.4 Å². The average Bonchev–Trinajstić information content (AvgIpc) is 2.91. The fourth-order valence-electron chi connectivity index (χ4n) is 4.76. The SMILES string of the molecule is CN1CCCN(Cc2ccccn2)CCN(Cc2ccccn2)CCCN(Cc2ccccn2)CC1. The van der Waals surface area contributed by atoms with Gasteiger partial charge >= 0.3 is 0 Å². The lowest BCUT2D eigenvalue weighted by atomic mass is 10.2. The van der Waals surface area contributed by atoms with E-state index in [9.17, 15) is 0 Å². The number of hydrogen-bond donors (Lipinski definition) is 0. The standard InChI is InChI=1S/C29H41N7/c1-33-16-8-17-35(25-28-11-3-6-14-31-28)22-23-36(26-29-12-4-7-15-32-29)19-9-18-34(21-20-33)24-27-10-2-5-13-30-27/h2-7,10-15H,8-9,16-26H2,1H3. The zero-order valence-corrected chi connectivity index (χ0v) is 21.8. The molecule has 36 heavy (non-hydrogen) atoms. The normalized spacial score (nSPS) is 18.6. The summed E-state index contributed by atoms with van der Waals surface area (Å²) in [4.78, 5) is 24.0. The van der Waals surface area contributed by atoms with Crippen LogP contribution in [0.1, 0.15) is 29.9 Å². The van der Waals surface area contributed by atoms with Crippen LogP contribution in [0.3, 0.4) is 0 Å². The van der Waals surface area contributed by atoms with Crippen LogP contribution in [0.25, 0.3) is 0 Å². The molecule has 0 aliphatic carbocycles. The third kappa shape index (κ3) is 9.39. The van der Waals surface area contributed by atoms with Gasteiger partial charge in [0.15, 0.2) is 0 Å². The van der Waals surface area contributed by atoms with Gasteiger partial charge in [-0.15, -0.1) is 0 Å². The molecule has 4 heterocycles. The van der Waals surface area contributed by atoms with Gasteiger partial charge in [-0.1, -0.05) is 18.2 Å². The maximum absolute atomic E-state index is 4.61. The quantitative estimate of drug-likeness (QED) is 0.528. The fraction of sp³-hybridized carbons (Fsp3) is 0.483. The van der Waals surface area contributed by atoms with Crippen molar-refractivity contribution in [1.82, 2.24) is 34.6 Å². The molecule has 192 valence electrons. The third-order valence-electron chi connectivity index (χ3n) is 6.83. The molecule has 7 nitrogen and oxygen atoms in total. The molecule has 0 aromatic carbocycles. The molecule has 1 aliphatic rings. The van der Waals surface area contributed by atoms with Crippen LogP contribution in [0.4, 0.5) is 0 Å². The first-order valence-electron chi connectivity index (χ1n) is 13.3. The van der Waals surface area contributed by atoms with Gasteiger partial charge in [0.2, 0.25) is 0 Å². The Morgan fingerprint density at radius 2 is 0.889 bits per heavy atom. The second-order valence-electron chi connectivity index (χ2n) is 9.80. The van der Waals surface area contributed by atoms with E-state index in [0.29, 0.717) is 0 Å². The summed E-state index contributed by atoms with van der Waals surface area (Å²) >= 11 is 0. The van der Waals surface area contributed by atoms with E-state index >= 15 is 0 Å². The molecule has 3 aromatic heterocycles. The highest BCUT2D eigenvalue weighted by molar-refractivity contribution is 5.05. The van der Waals surface area contributed by atoms with Gasteiger partial charge in [-0.3, -0.25) is 29.7 Å². The Hall–Kier alpha value is -2.71. The minimum atomic E-state index is 0.890. The molecule has 1 fully saturated rings. The third-order valence-corrected chi connectivity index (χ3v) is 6.83. The monoisotopic (exact) mass is 487 g/mol. The van der Waals surface area contributed by atoms with Crippen LogP contribution >= 0.6 is 0 Å². The number of nitrogens with zero attached hydrogens (tertiary/aromatic N) is 7. The van der Waals surface area contributed by atoms with Crippen molar-refractivity contribution >= 4 is 0 Å². The highest BCUT2D eigenvalue weighted by Crippen LogP contribution is 2.09. The number of pyridine rings is 3. The van der Waals surface area contributed by atoms with Crippen molar-refractivity contribution in [3.8, 4) is 0 Å². The minimum Gasteiger partial charge on any atom is -0.305 e. The second kappa shape index (κ2) is 14.8. The molecule has 0 unspecified atom stereocenters. The van der Waals surface area contributed by atoms with Crippen LogP contribution in [0, 0.1) is 0 Å². The van der Waals surface area contributed by atoms with E-state index in [1.807, 2.05) is 36.8 Å². The van der Waals surface area contributed by atoms with Crippen molar-refractivity contribution in [3.63, 3.8) is 0 Å². The van der Waals surface area contributed by atoms with E-state index < -0.39 is 0 Å². The number of hydrogen-bond acceptors (Lipinski definition) is 7. The van der Waals surface area contributed by atoms with Crippen LogP contribution in [-0.4, -0.2) is 94.0 Å². The summed E-state index contributed by atoms with van der Waals surface area (Å²) in [6, 6.07) is 18.7. The molecular formula is C29H41N7. The van der Waals surface area contributed by atoms with Gasteiger partial charge in [0.1, 0.15) is 0 Å². The zero-order chi connectivity index (χ0) is 24.8. The second-order valence-corrected chi connectivity index (χ2v) is 9.80. The number of likely N-dealkylation sites (N-methyl/N-ethyl adjacent to an activating group) is 1. The Kier molecular flexibility index (Phi) is 10.8. The molecule has 0 N–H and O–H groups in total. The lowest BCUT2D eigenvalue weighted by Gasteiger charge is -2.31. The van der Waals surface area contributed by atoms with Gasteiger partial charge in [-0.05, 0) is 82.5 Å². The molecule has 0 saturated carbocycles. The van der Waals surface area contributed by atoms with Gasteiger partial charge in [-0.25, -0.2) is 0 Å². The Morgan fingerprint density at radius 3 is 1.28 bits per heavy atom. The number of aromatic nitrogens is 3. The molecule has 7 heteroatoms. The molecular weight excluding hydrogens is 446 g/mol. The Morgan fingerprint density at radius 1 is 0.500 bits per heavy atom. The average molecular weight is 488 g/mol. The van der Waals surface area contributed by atoms with E-state index in [1.165, 1.54) is 0 Å². The van der Waals surface area contributed by atoms with Crippen LogP contribution in [-0.2, 0) is 19.6 Å². The summed E-state index contributed by atoms with van der Waals surface area (Å²) in [5.41, 5.74) is 3.44. The van der Waals surface area contributed by atoms with Crippen molar-refractivity contribution in [3.05, 3.63) is 90.3 Å². The first-order valence-corrected chi connectivity index (χ1v) is 13.3. The summed E-state index contributed by atoms with van der Waals surface area (Å²) in [6.45, 7) is 11.2. The Bertz CT molecular complexity index is 971. The van der Waals surface area contributed by atoms with Crippen LogP contribution in [0.15, 0.2) is 73.2 Å². The first kappa shape index (κ1) is 26.4. The predicted molar refractivity (Wildman–Crippen MR) is 145 cm³/mol. The minimum absolute atomic E-state index is 0.890. The topological polar surface area (TPSA) is 51.6 Å². The van der Waals surface area contributed by atoms with E-state index in [2.05, 4.69) is 78.0 Å². The summed E-state index contributed by atoms with van der Waals surface area (Å²) in [5.74, 6) is 0. The van der Waals surface area contributed by atoms with Crippen LogP contribution in [0.5, 0.6) is 0 Å². The highest BCUT2D eigenvalue weighted by atomic mass is 15.2. The van der Waals surface area contributed by atoms with E-state index in [-0.39, 0.29) is 0 Å². The first-order chi connectivity index (χ1) is 17.7. The molecule has 0 atom stereocenters. The molecule has 0 amide bonds. The summed E-state index contributed by atoms with van der Waals surface area (Å²) < 4.78 is 0. The molecule has 0 radical (unpaired) electrons. The van der Waals surface area contributed by atoms with E-state index in [0.717, 1.165) is 102 Å². The van der Waals surface area contributed by atoms with Crippen molar-refractivity contribution < 1.29 is 0 Å².